The van der Waals surface area contributed by atoms with E-state index in [0.717, 1.165) is 41.1 Å². The van der Waals surface area contributed by atoms with Gasteiger partial charge in [-0.25, -0.2) is 0 Å². The molecule has 0 unspecified atom stereocenters. The molecule has 0 bridgehead atoms. The molecule has 0 fully saturated rings. The Morgan fingerprint density at radius 2 is 1.83 bits per heavy atom. The van der Waals surface area contributed by atoms with E-state index in [2.05, 4.69) is 17.0 Å². The second-order valence-electron chi connectivity index (χ2n) is 6.88. The smallest absolute Gasteiger partial charge is 0.296 e. The van der Waals surface area contributed by atoms with Crippen LogP contribution < -0.4 is 20.4 Å². The van der Waals surface area contributed by atoms with Crippen molar-refractivity contribution in [2.75, 3.05) is 6.61 Å². The van der Waals surface area contributed by atoms with Gasteiger partial charge in [-0.3, -0.25) is 9.59 Å². The Hall–Kier alpha value is -3.32. The van der Waals surface area contributed by atoms with Crippen molar-refractivity contribution in [3.8, 4) is 5.75 Å². The minimum Gasteiger partial charge on any atom is -0.493 e. The van der Waals surface area contributed by atoms with Crippen LogP contribution in [0.1, 0.15) is 36.6 Å². The van der Waals surface area contributed by atoms with Crippen LogP contribution in [0.2, 0.25) is 0 Å². The van der Waals surface area contributed by atoms with Crippen LogP contribution in [-0.2, 0) is 6.42 Å². The predicted octanol–water partition coefficient (Wildman–Crippen LogP) is 2.83. The van der Waals surface area contributed by atoms with E-state index in [1.807, 2.05) is 54.6 Å². The number of benzene rings is 2. The molecule has 152 valence electrons. The number of hydrogen-bond donors (Lipinski definition) is 0. The molecule has 4 rings (SSSR count). The second kappa shape index (κ2) is 9.00. The van der Waals surface area contributed by atoms with Gasteiger partial charge in [0, 0.05) is 12.0 Å². The van der Waals surface area contributed by atoms with E-state index in [9.17, 15) is 9.59 Å². The maximum Gasteiger partial charge on any atom is 0.296 e. The zero-order valence-corrected chi connectivity index (χ0v) is 17.4. The number of fused-ring (bicyclic) bond motifs is 1. The molecule has 2 heterocycles. The van der Waals surface area contributed by atoms with Gasteiger partial charge in [0.05, 0.1) is 11.1 Å². The Labute approximate surface area is 177 Å². The number of nitrogens with zero attached hydrogens (tertiary/aromatic N) is 3. The molecule has 6 nitrogen and oxygen atoms in total. The van der Waals surface area contributed by atoms with Crippen LogP contribution in [0.5, 0.6) is 5.75 Å². The lowest BCUT2D eigenvalue weighted by atomic mass is 10.1. The van der Waals surface area contributed by atoms with Gasteiger partial charge in [0.1, 0.15) is 11.4 Å². The number of rotatable bonds is 7. The molecule has 7 heteroatoms. The zero-order chi connectivity index (χ0) is 20.9. The summed E-state index contributed by atoms with van der Waals surface area (Å²) in [6.07, 6.45) is 4.11. The molecule has 0 aliphatic carbocycles. The molecule has 0 saturated heterocycles. The Morgan fingerprint density at radius 1 is 1.07 bits per heavy atom. The van der Waals surface area contributed by atoms with Gasteiger partial charge in [-0.2, -0.15) is 14.6 Å². The summed E-state index contributed by atoms with van der Waals surface area (Å²) in [4.78, 5) is 29.7. The summed E-state index contributed by atoms with van der Waals surface area (Å²) in [5, 5.41) is 4.30. The lowest BCUT2D eigenvalue weighted by Gasteiger charge is -2.07. The van der Waals surface area contributed by atoms with E-state index in [1.54, 1.807) is 6.08 Å². The number of thiazole rings is 1. The lowest BCUT2D eigenvalue weighted by molar-refractivity contribution is 0.309. The van der Waals surface area contributed by atoms with Crippen molar-refractivity contribution in [3.63, 3.8) is 0 Å². The van der Waals surface area contributed by atoms with Gasteiger partial charge in [0.2, 0.25) is 4.96 Å². The molecule has 0 saturated carbocycles. The molecule has 2 aromatic carbocycles. The van der Waals surface area contributed by atoms with Crippen LogP contribution in [0.3, 0.4) is 0 Å². The van der Waals surface area contributed by atoms with Crippen LogP contribution >= 0.6 is 11.3 Å². The normalized spacial score (nSPS) is 11.8. The maximum atomic E-state index is 12.9. The van der Waals surface area contributed by atoms with Gasteiger partial charge in [-0.05, 0) is 24.1 Å². The molecule has 2 aromatic heterocycles. The molecular formula is C23H21N3O3S. The molecule has 4 aromatic rings. The van der Waals surface area contributed by atoms with Crippen LogP contribution in [0.4, 0.5) is 0 Å². The van der Waals surface area contributed by atoms with Gasteiger partial charge in [-0.1, -0.05) is 73.2 Å². The van der Waals surface area contributed by atoms with Gasteiger partial charge in [0.25, 0.3) is 11.1 Å². The van der Waals surface area contributed by atoms with Gasteiger partial charge in [0.15, 0.2) is 0 Å². The van der Waals surface area contributed by atoms with Crippen molar-refractivity contribution in [3.05, 3.63) is 96.7 Å². The molecule has 0 aliphatic rings. The summed E-state index contributed by atoms with van der Waals surface area (Å²) >= 11 is 1.15. The summed E-state index contributed by atoms with van der Waals surface area (Å²) in [5.74, 6) is 0.725. The Balaban J connectivity index is 1.74. The molecule has 0 spiro atoms. The van der Waals surface area contributed by atoms with Gasteiger partial charge < -0.3 is 4.74 Å². The highest BCUT2D eigenvalue weighted by molar-refractivity contribution is 7.15. The summed E-state index contributed by atoms with van der Waals surface area (Å²) in [6, 6.07) is 17.1. The zero-order valence-electron chi connectivity index (χ0n) is 16.6. The van der Waals surface area contributed by atoms with Crippen LogP contribution in [0.25, 0.3) is 11.0 Å². The van der Waals surface area contributed by atoms with Crippen LogP contribution in [-0.4, -0.2) is 21.2 Å². The third kappa shape index (κ3) is 4.31. The average molecular weight is 420 g/mol. The minimum absolute atomic E-state index is 0.253. The predicted molar refractivity (Wildman–Crippen MR) is 118 cm³/mol. The van der Waals surface area contributed by atoms with Gasteiger partial charge in [-0.15, -0.1) is 0 Å². The standard InChI is InChI=1S/C23H21N3O3S/c1-2-3-13-29-19-12-8-7-11-17(19)15-20-22(28)26-23(30-20)24-21(27)18(25-26)14-16-9-5-4-6-10-16/h4-12,15H,2-3,13-14H2,1H3/b20-15-. The first-order chi connectivity index (χ1) is 14.7. The highest BCUT2D eigenvalue weighted by Crippen LogP contribution is 2.19. The van der Waals surface area contributed by atoms with E-state index in [1.165, 1.54) is 4.52 Å². The highest BCUT2D eigenvalue weighted by Gasteiger charge is 2.12. The van der Waals surface area contributed by atoms with E-state index in [-0.39, 0.29) is 16.2 Å². The summed E-state index contributed by atoms with van der Waals surface area (Å²) < 4.78 is 7.53. The van der Waals surface area contributed by atoms with Crippen molar-refractivity contribution in [1.29, 1.82) is 0 Å². The average Bonchev–Trinajstić information content (AvgIpc) is 3.05. The SMILES string of the molecule is CCCCOc1ccccc1/C=c1\sc2nc(=O)c(Cc3ccccc3)nn2c1=O. The largest absolute Gasteiger partial charge is 0.493 e. The third-order valence-corrected chi connectivity index (χ3v) is 5.58. The molecule has 0 atom stereocenters. The van der Waals surface area contributed by atoms with Crippen molar-refractivity contribution < 1.29 is 4.74 Å². The van der Waals surface area contributed by atoms with E-state index >= 15 is 0 Å². The third-order valence-electron chi connectivity index (χ3n) is 4.63. The Bertz CT molecular complexity index is 1330. The summed E-state index contributed by atoms with van der Waals surface area (Å²) in [6.45, 7) is 2.73. The van der Waals surface area contributed by atoms with Crippen molar-refractivity contribution in [1.82, 2.24) is 14.6 Å². The topological polar surface area (TPSA) is 73.6 Å². The van der Waals surface area contributed by atoms with Gasteiger partial charge >= 0.3 is 0 Å². The first-order valence-corrected chi connectivity index (χ1v) is 10.7. The number of hydrogen-bond acceptors (Lipinski definition) is 6. The monoisotopic (exact) mass is 419 g/mol. The lowest BCUT2D eigenvalue weighted by Crippen LogP contribution is -2.28. The molecule has 0 N–H and O–H groups in total. The Kier molecular flexibility index (Phi) is 5.99. The maximum absolute atomic E-state index is 12.9. The molecular weight excluding hydrogens is 398 g/mol. The number of aromatic nitrogens is 3. The molecule has 0 aliphatic heterocycles. The van der Waals surface area contributed by atoms with E-state index in [0.29, 0.717) is 17.6 Å². The van der Waals surface area contributed by atoms with E-state index < -0.39 is 5.56 Å². The first kappa shape index (κ1) is 20.0. The number of para-hydroxylation sites is 1. The fraction of sp³-hybridized carbons (Fsp3) is 0.217. The fourth-order valence-electron chi connectivity index (χ4n) is 3.04. The Morgan fingerprint density at radius 3 is 2.63 bits per heavy atom. The first-order valence-electron chi connectivity index (χ1n) is 9.86. The second-order valence-corrected chi connectivity index (χ2v) is 7.89. The summed E-state index contributed by atoms with van der Waals surface area (Å²) in [5.41, 5.74) is 1.31. The molecule has 0 amide bonds. The molecule has 30 heavy (non-hydrogen) atoms. The van der Waals surface area contributed by atoms with Crippen molar-refractivity contribution >= 4 is 22.4 Å². The van der Waals surface area contributed by atoms with Crippen LogP contribution in [0.15, 0.2) is 64.2 Å². The quantitative estimate of drug-likeness (QED) is 0.431. The van der Waals surface area contributed by atoms with Crippen molar-refractivity contribution in [2.24, 2.45) is 0 Å². The minimum atomic E-state index is -0.407. The number of unbranched alkanes of at least 4 members (excludes halogenated alkanes) is 1. The van der Waals surface area contributed by atoms with Crippen molar-refractivity contribution in [2.45, 2.75) is 26.2 Å². The highest BCUT2D eigenvalue weighted by atomic mass is 32.1. The fourth-order valence-corrected chi connectivity index (χ4v) is 3.94. The summed E-state index contributed by atoms with van der Waals surface area (Å²) in [7, 11) is 0. The van der Waals surface area contributed by atoms with Crippen LogP contribution in [0, 0.1) is 0 Å². The number of ether oxygens (including phenoxy) is 1. The molecule has 0 radical (unpaired) electrons. The van der Waals surface area contributed by atoms with E-state index in [4.69, 9.17) is 4.74 Å².